The summed E-state index contributed by atoms with van der Waals surface area (Å²) in [5, 5.41) is 2.93. The molecule has 1 aromatic carbocycles. The Morgan fingerprint density at radius 3 is 2.28 bits per heavy atom. The smallest absolute Gasteiger partial charge is 0.234 e. The molecule has 6 nitrogen and oxygen atoms in total. The Morgan fingerprint density at radius 1 is 1.12 bits per heavy atom. The first-order valence-electron chi connectivity index (χ1n) is 8.12. The Kier molecular flexibility index (Phi) is 11.4. The van der Waals surface area contributed by atoms with Crippen molar-refractivity contribution >= 4 is 36.6 Å². The lowest BCUT2D eigenvalue weighted by Crippen LogP contribution is -2.52. The van der Waals surface area contributed by atoms with E-state index in [9.17, 15) is 9.59 Å². The molecule has 1 unspecified atom stereocenters. The van der Waals surface area contributed by atoms with Gasteiger partial charge in [-0.2, -0.15) is 0 Å². The number of nitrogens with one attached hydrogen (secondary N) is 1. The Labute approximate surface area is 161 Å². The minimum atomic E-state index is -0.129. The van der Waals surface area contributed by atoms with E-state index >= 15 is 0 Å². The molecule has 0 aliphatic carbocycles. The number of hydrogen-bond acceptors (Lipinski definition) is 4. The quantitative estimate of drug-likeness (QED) is 0.755. The highest BCUT2D eigenvalue weighted by Gasteiger charge is 2.24. The van der Waals surface area contributed by atoms with Crippen molar-refractivity contribution in [1.29, 1.82) is 0 Å². The minimum Gasteiger partial charge on any atom is -0.351 e. The predicted molar refractivity (Wildman–Crippen MR) is 104 cm³/mol. The summed E-state index contributed by atoms with van der Waals surface area (Å²) in [6, 6.07) is 9.85. The molecule has 0 spiro atoms. The Morgan fingerprint density at radius 2 is 1.72 bits per heavy atom. The van der Waals surface area contributed by atoms with Gasteiger partial charge in [0.1, 0.15) is 0 Å². The van der Waals surface area contributed by atoms with E-state index in [2.05, 4.69) is 10.2 Å². The molecule has 0 aromatic heterocycles. The molecule has 25 heavy (non-hydrogen) atoms. The number of rotatable bonds is 6. The average Bonchev–Trinajstić information content (AvgIpc) is 2.60. The standard InChI is InChI=1S/C17H26N4O2.2ClH/c1-14(11-18)17(23)21-9-7-20(8-10-21)13-16(22)19-12-15-5-3-2-4-6-15;;/h2-6,14H,7-13,18H2,1H3,(H,19,22);2*1H. The molecular weight excluding hydrogens is 363 g/mol. The van der Waals surface area contributed by atoms with Crippen LogP contribution in [0, 0.1) is 5.92 Å². The number of carbonyl (C=O) groups excluding carboxylic acids is 2. The normalized spacial score (nSPS) is 15.5. The number of hydrogen-bond donors (Lipinski definition) is 2. The second-order valence-electron chi connectivity index (χ2n) is 6.00. The van der Waals surface area contributed by atoms with E-state index in [1.807, 2.05) is 42.2 Å². The van der Waals surface area contributed by atoms with Gasteiger partial charge in [-0.25, -0.2) is 0 Å². The summed E-state index contributed by atoms with van der Waals surface area (Å²) < 4.78 is 0. The number of nitrogens with two attached hydrogens (primary N) is 1. The first kappa shape index (κ1) is 23.7. The zero-order valence-corrected chi connectivity index (χ0v) is 16.2. The van der Waals surface area contributed by atoms with E-state index in [1.54, 1.807) is 0 Å². The number of carbonyl (C=O) groups is 2. The number of nitrogens with zero attached hydrogens (tertiary/aromatic N) is 2. The highest BCUT2D eigenvalue weighted by atomic mass is 35.5. The molecule has 8 heteroatoms. The van der Waals surface area contributed by atoms with Gasteiger partial charge in [-0.15, -0.1) is 24.8 Å². The van der Waals surface area contributed by atoms with Gasteiger partial charge in [-0.1, -0.05) is 37.3 Å². The molecule has 142 valence electrons. The van der Waals surface area contributed by atoms with E-state index in [4.69, 9.17) is 5.73 Å². The van der Waals surface area contributed by atoms with E-state index in [0.717, 1.165) is 18.7 Å². The number of amides is 2. The van der Waals surface area contributed by atoms with Gasteiger partial charge in [0.2, 0.25) is 11.8 Å². The van der Waals surface area contributed by atoms with Crippen molar-refractivity contribution in [1.82, 2.24) is 15.1 Å². The van der Waals surface area contributed by atoms with Gasteiger partial charge < -0.3 is 16.0 Å². The second kappa shape index (κ2) is 12.1. The van der Waals surface area contributed by atoms with Crippen LogP contribution in [-0.2, 0) is 16.1 Å². The average molecular weight is 391 g/mol. The molecular formula is C17H28Cl2N4O2. The summed E-state index contributed by atoms with van der Waals surface area (Å²) in [5.41, 5.74) is 6.63. The SMILES string of the molecule is CC(CN)C(=O)N1CCN(CC(=O)NCc2ccccc2)CC1.Cl.Cl. The van der Waals surface area contributed by atoms with E-state index < -0.39 is 0 Å². The topological polar surface area (TPSA) is 78.7 Å². The van der Waals surface area contributed by atoms with Crippen LogP contribution in [0.4, 0.5) is 0 Å². The van der Waals surface area contributed by atoms with Crippen molar-refractivity contribution in [3.8, 4) is 0 Å². The molecule has 2 amide bonds. The van der Waals surface area contributed by atoms with Crippen LogP contribution in [0.5, 0.6) is 0 Å². The van der Waals surface area contributed by atoms with E-state index in [-0.39, 0.29) is 42.5 Å². The fraction of sp³-hybridized carbons (Fsp3) is 0.529. The van der Waals surface area contributed by atoms with Crippen LogP contribution in [-0.4, -0.2) is 60.9 Å². The zero-order valence-electron chi connectivity index (χ0n) is 14.5. The van der Waals surface area contributed by atoms with Crippen LogP contribution in [0.15, 0.2) is 30.3 Å². The van der Waals surface area contributed by atoms with Gasteiger partial charge in [0, 0.05) is 45.2 Å². The van der Waals surface area contributed by atoms with Gasteiger partial charge in [0.15, 0.2) is 0 Å². The fourth-order valence-electron chi connectivity index (χ4n) is 2.59. The molecule has 2 rings (SSSR count). The zero-order chi connectivity index (χ0) is 16.7. The van der Waals surface area contributed by atoms with Crippen molar-refractivity contribution < 1.29 is 9.59 Å². The van der Waals surface area contributed by atoms with Gasteiger partial charge in [-0.05, 0) is 5.56 Å². The number of halogens is 2. The highest BCUT2D eigenvalue weighted by molar-refractivity contribution is 5.85. The van der Waals surface area contributed by atoms with Crippen LogP contribution in [0.1, 0.15) is 12.5 Å². The van der Waals surface area contributed by atoms with Crippen molar-refractivity contribution in [2.45, 2.75) is 13.5 Å². The van der Waals surface area contributed by atoms with Crippen molar-refractivity contribution in [2.75, 3.05) is 39.3 Å². The maximum absolute atomic E-state index is 12.1. The summed E-state index contributed by atoms with van der Waals surface area (Å²) >= 11 is 0. The van der Waals surface area contributed by atoms with Crippen molar-refractivity contribution in [3.05, 3.63) is 35.9 Å². The summed E-state index contributed by atoms with van der Waals surface area (Å²) in [4.78, 5) is 28.0. The van der Waals surface area contributed by atoms with Gasteiger partial charge in [-0.3, -0.25) is 14.5 Å². The van der Waals surface area contributed by atoms with Crippen molar-refractivity contribution in [2.24, 2.45) is 11.7 Å². The van der Waals surface area contributed by atoms with E-state index in [1.165, 1.54) is 0 Å². The van der Waals surface area contributed by atoms with Gasteiger partial charge >= 0.3 is 0 Å². The van der Waals surface area contributed by atoms with Crippen LogP contribution < -0.4 is 11.1 Å². The maximum Gasteiger partial charge on any atom is 0.234 e. The van der Waals surface area contributed by atoms with Crippen LogP contribution >= 0.6 is 24.8 Å². The molecule has 1 saturated heterocycles. The predicted octanol–water partition coefficient (Wildman–Crippen LogP) is 0.885. The maximum atomic E-state index is 12.1. The summed E-state index contributed by atoms with van der Waals surface area (Å²) in [6.45, 7) is 5.92. The first-order chi connectivity index (χ1) is 11.1. The summed E-state index contributed by atoms with van der Waals surface area (Å²) in [6.07, 6.45) is 0. The Balaban J connectivity index is 0.00000288. The Hall–Kier alpha value is -1.34. The van der Waals surface area contributed by atoms with Crippen LogP contribution in [0.2, 0.25) is 0 Å². The Bertz CT molecular complexity index is 523. The van der Waals surface area contributed by atoms with Gasteiger partial charge in [0.25, 0.3) is 0 Å². The summed E-state index contributed by atoms with van der Waals surface area (Å²) in [7, 11) is 0. The third-order valence-corrected chi connectivity index (χ3v) is 4.16. The van der Waals surface area contributed by atoms with Crippen LogP contribution in [0.25, 0.3) is 0 Å². The molecule has 1 atom stereocenters. The molecule has 1 aromatic rings. The van der Waals surface area contributed by atoms with Gasteiger partial charge in [0.05, 0.1) is 6.54 Å². The van der Waals surface area contributed by atoms with E-state index in [0.29, 0.717) is 32.7 Å². The minimum absolute atomic E-state index is 0. The second-order valence-corrected chi connectivity index (χ2v) is 6.00. The van der Waals surface area contributed by atoms with Crippen molar-refractivity contribution in [3.63, 3.8) is 0 Å². The molecule has 0 saturated carbocycles. The summed E-state index contributed by atoms with van der Waals surface area (Å²) in [5.74, 6) is 0.000330. The lowest BCUT2D eigenvalue weighted by atomic mass is 10.1. The molecule has 1 aliphatic rings. The number of piperazine rings is 1. The molecule has 1 heterocycles. The molecule has 1 aliphatic heterocycles. The molecule has 1 fully saturated rings. The highest BCUT2D eigenvalue weighted by Crippen LogP contribution is 2.06. The monoisotopic (exact) mass is 390 g/mol. The first-order valence-corrected chi connectivity index (χ1v) is 8.12. The lowest BCUT2D eigenvalue weighted by molar-refractivity contribution is -0.136. The number of benzene rings is 1. The third kappa shape index (κ3) is 7.61. The third-order valence-electron chi connectivity index (χ3n) is 4.16. The lowest BCUT2D eigenvalue weighted by Gasteiger charge is -2.35. The molecule has 3 N–H and O–H groups in total. The van der Waals surface area contributed by atoms with Crippen LogP contribution in [0.3, 0.4) is 0 Å². The fourth-order valence-corrected chi connectivity index (χ4v) is 2.59. The molecule has 0 radical (unpaired) electrons. The largest absolute Gasteiger partial charge is 0.351 e. The molecule has 0 bridgehead atoms.